The Morgan fingerprint density at radius 1 is 1.60 bits per heavy atom. The average Bonchev–Trinajstić information content (AvgIpc) is 2.27. The highest BCUT2D eigenvalue weighted by molar-refractivity contribution is 6.28. The van der Waals surface area contributed by atoms with Gasteiger partial charge in [0.25, 0.3) is 0 Å². The molecule has 0 saturated carbocycles. The maximum absolute atomic E-state index is 12.9. The van der Waals surface area contributed by atoms with Crippen LogP contribution in [0.3, 0.4) is 0 Å². The van der Waals surface area contributed by atoms with E-state index in [1.54, 1.807) is 6.07 Å². The van der Waals surface area contributed by atoms with Crippen LogP contribution in [0.2, 0.25) is 0 Å². The molecule has 2 nitrogen and oxygen atoms in total. The molecule has 80 valence electrons. The molecule has 1 aliphatic rings. The van der Waals surface area contributed by atoms with Gasteiger partial charge in [0.15, 0.2) is 11.9 Å². The summed E-state index contributed by atoms with van der Waals surface area (Å²) in [6, 6.07) is 4.32. The smallest absolute Gasteiger partial charge is 0.187 e. The summed E-state index contributed by atoms with van der Waals surface area (Å²) in [5.41, 5.74) is 0.814. The second kappa shape index (κ2) is 4.19. The lowest BCUT2D eigenvalue weighted by molar-refractivity contribution is -0.123. The van der Waals surface area contributed by atoms with E-state index in [4.69, 9.17) is 16.3 Å². The topological polar surface area (TPSA) is 26.3 Å². The lowest BCUT2D eigenvalue weighted by Gasteiger charge is -2.24. The summed E-state index contributed by atoms with van der Waals surface area (Å²) >= 11 is 5.45. The predicted octanol–water partition coefficient (Wildman–Crippen LogP) is 2.33. The largest absolute Gasteiger partial charge is 0.482 e. The fourth-order valence-corrected chi connectivity index (χ4v) is 1.84. The molecule has 0 bridgehead atoms. The maximum Gasteiger partial charge on any atom is 0.187 e. The number of fused-ring (bicyclic) bond motifs is 1. The van der Waals surface area contributed by atoms with E-state index in [1.807, 2.05) is 0 Å². The van der Waals surface area contributed by atoms with Crippen molar-refractivity contribution in [2.75, 3.05) is 5.88 Å². The summed E-state index contributed by atoms with van der Waals surface area (Å²) in [6.07, 6.45) is 0.753. The molecule has 0 spiro atoms. The molecule has 1 aromatic rings. The third-order valence-corrected chi connectivity index (χ3v) is 2.72. The molecule has 0 unspecified atom stereocenters. The summed E-state index contributed by atoms with van der Waals surface area (Å²) in [4.78, 5) is 11.3. The molecule has 0 fully saturated rings. The normalized spacial score (nSPS) is 19.2. The standard InChI is InChI=1S/C11H10ClFO2/c12-6-9(14)11-3-1-7-5-8(13)2-4-10(7)15-11/h2,4-5,11H,1,3,6H2/t11-/m1/s1. The van der Waals surface area contributed by atoms with Gasteiger partial charge in [-0.15, -0.1) is 11.6 Å². The summed E-state index contributed by atoms with van der Waals surface area (Å²) in [5.74, 6) is 0.151. The minimum atomic E-state index is -0.472. The van der Waals surface area contributed by atoms with Crippen LogP contribution in [0.5, 0.6) is 5.75 Å². The molecule has 0 radical (unpaired) electrons. The van der Waals surface area contributed by atoms with Crippen molar-refractivity contribution in [1.82, 2.24) is 0 Å². The second-order valence-corrected chi connectivity index (χ2v) is 3.76. The number of halogens is 2. The lowest BCUT2D eigenvalue weighted by Crippen LogP contribution is -2.32. The van der Waals surface area contributed by atoms with Crippen LogP contribution < -0.4 is 4.74 Å². The third kappa shape index (κ3) is 2.12. The van der Waals surface area contributed by atoms with E-state index in [0.29, 0.717) is 18.6 Å². The number of hydrogen-bond donors (Lipinski definition) is 0. The van der Waals surface area contributed by atoms with Crippen molar-refractivity contribution in [3.63, 3.8) is 0 Å². The Labute approximate surface area is 92.0 Å². The van der Waals surface area contributed by atoms with E-state index >= 15 is 0 Å². The third-order valence-electron chi connectivity index (χ3n) is 2.46. The van der Waals surface area contributed by atoms with Gasteiger partial charge in [0.05, 0.1) is 5.88 Å². The van der Waals surface area contributed by atoms with Crippen molar-refractivity contribution in [3.05, 3.63) is 29.6 Å². The van der Waals surface area contributed by atoms with Crippen LogP contribution in [-0.4, -0.2) is 17.8 Å². The van der Waals surface area contributed by atoms with Gasteiger partial charge in [-0.05, 0) is 36.6 Å². The molecule has 2 rings (SSSR count). The molecular weight excluding hydrogens is 219 g/mol. The van der Waals surface area contributed by atoms with Crippen molar-refractivity contribution in [3.8, 4) is 5.75 Å². The number of carbonyl (C=O) groups excluding carboxylic acids is 1. The van der Waals surface area contributed by atoms with E-state index < -0.39 is 6.10 Å². The summed E-state index contributed by atoms with van der Waals surface area (Å²) in [5, 5.41) is 0. The SMILES string of the molecule is O=C(CCl)[C@H]1CCc2cc(F)ccc2O1. The van der Waals surface area contributed by atoms with Crippen LogP contribution in [0.15, 0.2) is 18.2 Å². The van der Waals surface area contributed by atoms with E-state index in [0.717, 1.165) is 5.56 Å². The van der Waals surface area contributed by atoms with Crippen molar-refractivity contribution in [1.29, 1.82) is 0 Å². The number of ketones is 1. The zero-order valence-electron chi connectivity index (χ0n) is 8.00. The van der Waals surface area contributed by atoms with Crippen LogP contribution >= 0.6 is 11.6 Å². The molecule has 1 aliphatic heterocycles. The number of rotatable bonds is 2. The van der Waals surface area contributed by atoms with E-state index in [2.05, 4.69) is 0 Å². The minimum absolute atomic E-state index is 0.0405. The van der Waals surface area contributed by atoms with Gasteiger partial charge in [0.2, 0.25) is 0 Å². The Bertz CT molecular complexity index is 392. The number of hydrogen-bond acceptors (Lipinski definition) is 2. The molecule has 1 heterocycles. The van der Waals surface area contributed by atoms with Crippen molar-refractivity contribution >= 4 is 17.4 Å². The first-order valence-electron chi connectivity index (χ1n) is 4.74. The fourth-order valence-electron chi connectivity index (χ4n) is 1.67. The first-order valence-corrected chi connectivity index (χ1v) is 5.28. The maximum atomic E-state index is 12.9. The van der Waals surface area contributed by atoms with Gasteiger partial charge < -0.3 is 4.74 Å². The zero-order chi connectivity index (χ0) is 10.8. The van der Waals surface area contributed by atoms with Gasteiger partial charge in [0, 0.05) is 0 Å². The Balaban J connectivity index is 2.20. The average molecular weight is 229 g/mol. The molecular formula is C11H10ClFO2. The van der Waals surface area contributed by atoms with Gasteiger partial charge in [-0.25, -0.2) is 4.39 Å². The quantitative estimate of drug-likeness (QED) is 0.727. The molecule has 4 heteroatoms. The Kier molecular flexibility index (Phi) is 2.91. The number of ether oxygens (including phenoxy) is 1. The van der Waals surface area contributed by atoms with E-state index in [-0.39, 0.29) is 17.5 Å². The molecule has 1 aromatic carbocycles. The van der Waals surface area contributed by atoms with Gasteiger partial charge >= 0.3 is 0 Å². The Morgan fingerprint density at radius 3 is 3.13 bits per heavy atom. The highest BCUT2D eigenvalue weighted by Crippen LogP contribution is 2.28. The second-order valence-electron chi connectivity index (χ2n) is 3.50. The monoisotopic (exact) mass is 228 g/mol. The van der Waals surface area contributed by atoms with E-state index in [1.165, 1.54) is 12.1 Å². The molecule has 15 heavy (non-hydrogen) atoms. The van der Waals surface area contributed by atoms with Crippen molar-refractivity contribution in [2.45, 2.75) is 18.9 Å². The molecule has 0 N–H and O–H groups in total. The first kappa shape index (κ1) is 10.4. The van der Waals surface area contributed by atoms with Gasteiger partial charge in [-0.1, -0.05) is 0 Å². The van der Waals surface area contributed by atoms with Crippen molar-refractivity contribution < 1.29 is 13.9 Å². The van der Waals surface area contributed by atoms with E-state index in [9.17, 15) is 9.18 Å². The number of alkyl halides is 1. The predicted molar refractivity (Wildman–Crippen MR) is 54.9 cm³/mol. The Hall–Kier alpha value is -1.09. The van der Waals surface area contributed by atoms with Gasteiger partial charge in [-0.2, -0.15) is 0 Å². The van der Waals surface area contributed by atoms with Crippen LogP contribution in [0.25, 0.3) is 0 Å². The van der Waals surface area contributed by atoms with Crippen LogP contribution in [0.4, 0.5) is 4.39 Å². The number of aryl methyl sites for hydroxylation is 1. The first-order chi connectivity index (χ1) is 7.20. The van der Waals surface area contributed by atoms with Crippen LogP contribution in [0.1, 0.15) is 12.0 Å². The summed E-state index contributed by atoms with van der Waals surface area (Å²) in [7, 11) is 0. The molecule has 0 amide bonds. The molecule has 0 aliphatic carbocycles. The van der Waals surface area contributed by atoms with Gasteiger partial charge in [-0.3, -0.25) is 4.79 Å². The fraction of sp³-hybridized carbons (Fsp3) is 0.364. The van der Waals surface area contributed by atoms with Gasteiger partial charge in [0.1, 0.15) is 11.6 Å². The number of Topliss-reactive ketones (excluding diaryl/α,β-unsaturated/α-hetero) is 1. The zero-order valence-corrected chi connectivity index (χ0v) is 8.76. The number of benzene rings is 1. The molecule has 1 atom stereocenters. The summed E-state index contributed by atoms with van der Waals surface area (Å²) < 4.78 is 18.3. The van der Waals surface area contributed by atoms with Crippen LogP contribution in [0, 0.1) is 5.82 Å². The molecule has 0 saturated heterocycles. The van der Waals surface area contributed by atoms with Crippen molar-refractivity contribution in [2.24, 2.45) is 0 Å². The highest BCUT2D eigenvalue weighted by atomic mass is 35.5. The summed E-state index contributed by atoms with van der Waals surface area (Å²) in [6.45, 7) is 0. The van der Waals surface area contributed by atoms with Crippen LogP contribution in [-0.2, 0) is 11.2 Å². The minimum Gasteiger partial charge on any atom is -0.482 e. The Morgan fingerprint density at radius 2 is 2.40 bits per heavy atom. The molecule has 0 aromatic heterocycles. The lowest BCUT2D eigenvalue weighted by atomic mass is 10.0. The highest BCUT2D eigenvalue weighted by Gasteiger charge is 2.25. The number of carbonyl (C=O) groups is 1.